The maximum absolute atomic E-state index is 11.6. The molecule has 0 aliphatic carbocycles. The van der Waals surface area contributed by atoms with Gasteiger partial charge in [-0.1, -0.05) is 17.7 Å². The van der Waals surface area contributed by atoms with Crippen molar-refractivity contribution in [2.45, 2.75) is 0 Å². The number of halogens is 1. The van der Waals surface area contributed by atoms with Crippen LogP contribution in [0.2, 0.25) is 5.02 Å². The number of imidazole rings is 1. The predicted molar refractivity (Wildman–Crippen MR) is 92.2 cm³/mol. The Morgan fingerprint density at radius 2 is 1.92 bits per heavy atom. The molecule has 1 amide bonds. The number of aromatic nitrogens is 4. The zero-order chi connectivity index (χ0) is 16.7. The summed E-state index contributed by atoms with van der Waals surface area (Å²) in [6.45, 7) is 0. The van der Waals surface area contributed by atoms with E-state index in [1.165, 1.54) is 0 Å². The lowest BCUT2D eigenvalue weighted by atomic mass is 10.2. The number of hydrogen-bond donors (Lipinski definition) is 2. The van der Waals surface area contributed by atoms with Gasteiger partial charge in [0.15, 0.2) is 5.82 Å². The fourth-order valence-electron chi connectivity index (χ4n) is 2.62. The number of primary amides is 1. The van der Waals surface area contributed by atoms with Crippen molar-refractivity contribution in [2.75, 3.05) is 0 Å². The summed E-state index contributed by atoms with van der Waals surface area (Å²) in [5.74, 6) is 0.0935. The fourth-order valence-corrected chi connectivity index (χ4v) is 2.75. The third-order valence-electron chi connectivity index (χ3n) is 3.73. The average molecular weight is 338 g/mol. The number of amides is 1. The molecule has 0 aliphatic rings. The maximum atomic E-state index is 11.6. The van der Waals surface area contributed by atoms with Gasteiger partial charge in [-0.2, -0.15) is 5.10 Å². The van der Waals surface area contributed by atoms with E-state index < -0.39 is 5.91 Å². The molecule has 118 valence electrons. The molecular formula is C17H12ClN5O. The normalized spacial score (nSPS) is 11.0. The molecule has 0 fully saturated rings. The lowest BCUT2D eigenvalue weighted by Gasteiger charge is -2.05. The quantitative estimate of drug-likeness (QED) is 0.601. The Labute approximate surface area is 141 Å². The Balaban J connectivity index is 1.87. The van der Waals surface area contributed by atoms with Crippen LogP contribution < -0.4 is 5.73 Å². The van der Waals surface area contributed by atoms with Gasteiger partial charge in [0.25, 0.3) is 5.91 Å². The number of H-pyrrole nitrogens is 1. The average Bonchev–Trinajstić information content (AvgIpc) is 3.21. The van der Waals surface area contributed by atoms with E-state index in [9.17, 15) is 4.79 Å². The third-order valence-corrected chi connectivity index (χ3v) is 3.99. The van der Waals surface area contributed by atoms with Crippen LogP contribution in [0.25, 0.3) is 28.2 Å². The highest BCUT2D eigenvalue weighted by Gasteiger charge is 2.15. The van der Waals surface area contributed by atoms with Crippen molar-refractivity contribution in [3.63, 3.8) is 0 Å². The summed E-state index contributed by atoms with van der Waals surface area (Å²) in [4.78, 5) is 19.3. The van der Waals surface area contributed by atoms with Gasteiger partial charge in [-0.25, -0.2) is 9.67 Å². The zero-order valence-corrected chi connectivity index (χ0v) is 13.2. The Morgan fingerprint density at radius 1 is 1.12 bits per heavy atom. The van der Waals surface area contributed by atoms with Crippen LogP contribution in [0, 0.1) is 0 Å². The van der Waals surface area contributed by atoms with Gasteiger partial charge >= 0.3 is 0 Å². The van der Waals surface area contributed by atoms with Crippen molar-refractivity contribution in [3.8, 4) is 17.2 Å². The van der Waals surface area contributed by atoms with Gasteiger partial charge in [-0.15, -0.1) is 0 Å². The van der Waals surface area contributed by atoms with Crippen LogP contribution in [-0.2, 0) is 0 Å². The predicted octanol–water partition coefficient (Wildman–Crippen LogP) is 3.17. The second kappa shape index (κ2) is 5.50. The fraction of sp³-hybridized carbons (Fsp3) is 0. The second-order valence-electron chi connectivity index (χ2n) is 5.26. The summed E-state index contributed by atoms with van der Waals surface area (Å²) >= 11 is 5.94. The van der Waals surface area contributed by atoms with Crippen LogP contribution in [0.4, 0.5) is 0 Å². The Bertz CT molecular complexity index is 1050. The van der Waals surface area contributed by atoms with Crippen LogP contribution in [0.3, 0.4) is 0 Å². The van der Waals surface area contributed by atoms with E-state index in [0.29, 0.717) is 21.9 Å². The monoisotopic (exact) mass is 337 g/mol. The third kappa shape index (κ3) is 2.33. The van der Waals surface area contributed by atoms with Crippen LogP contribution >= 0.6 is 11.6 Å². The first-order valence-corrected chi connectivity index (χ1v) is 7.60. The van der Waals surface area contributed by atoms with Gasteiger partial charge in [0, 0.05) is 5.02 Å². The van der Waals surface area contributed by atoms with Crippen molar-refractivity contribution in [1.82, 2.24) is 19.7 Å². The topological polar surface area (TPSA) is 89.6 Å². The van der Waals surface area contributed by atoms with Gasteiger partial charge in [-0.3, -0.25) is 4.79 Å². The van der Waals surface area contributed by atoms with E-state index in [-0.39, 0.29) is 0 Å². The number of benzene rings is 2. The molecule has 0 aliphatic heterocycles. The van der Waals surface area contributed by atoms with E-state index >= 15 is 0 Å². The van der Waals surface area contributed by atoms with Crippen molar-refractivity contribution in [2.24, 2.45) is 5.73 Å². The Kier molecular flexibility index (Phi) is 3.32. The molecule has 4 rings (SSSR count). The number of nitrogens with zero attached hydrogens (tertiary/aromatic N) is 3. The largest absolute Gasteiger partial charge is 0.366 e. The molecule has 0 saturated heterocycles. The highest BCUT2D eigenvalue weighted by atomic mass is 35.5. The number of fused-ring (bicyclic) bond motifs is 1. The highest BCUT2D eigenvalue weighted by Crippen LogP contribution is 2.25. The number of carbonyl (C=O) groups is 1. The lowest BCUT2D eigenvalue weighted by molar-refractivity contribution is 0.100. The highest BCUT2D eigenvalue weighted by molar-refractivity contribution is 6.30. The van der Waals surface area contributed by atoms with E-state index in [2.05, 4.69) is 15.1 Å². The molecule has 24 heavy (non-hydrogen) atoms. The first-order valence-electron chi connectivity index (χ1n) is 7.22. The summed E-state index contributed by atoms with van der Waals surface area (Å²) in [6.07, 6.45) is 1.69. The SMILES string of the molecule is NC(=O)c1cccc2[nH]c(-c3ccnn3-c3ccc(Cl)cc3)nc12. The molecule has 2 aromatic heterocycles. The molecule has 3 N–H and O–H groups in total. The molecule has 0 radical (unpaired) electrons. The molecule has 4 aromatic rings. The minimum Gasteiger partial charge on any atom is -0.366 e. The van der Waals surface area contributed by atoms with E-state index in [4.69, 9.17) is 17.3 Å². The summed E-state index contributed by atoms with van der Waals surface area (Å²) in [7, 11) is 0. The smallest absolute Gasteiger partial charge is 0.250 e. The second-order valence-corrected chi connectivity index (χ2v) is 5.69. The molecule has 2 aromatic carbocycles. The number of para-hydroxylation sites is 1. The number of aromatic amines is 1. The number of nitrogens with one attached hydrogen (secondary N) is 1. The molecule has 0 spiro atoms. The first kappa shape index (κ1) is 14.5. The van der Waals surface area contributed by atoms with Gasteiger partial charge in [0.1, 0.15) is 11.2 Å². The maximum Gasteiger partial charge on any atom is 0.250 e. The molecule has 7 heteroatoms. The van der Waals surface area contributed by atoms with Crippen LogP contribution in [0.5, 0.6) is 0 Å². The molecular weight excluding hydrogens is 326 g/mol. The first-order chi connectivity index (χ1) is 11.6. The van der Waals surface area contributed by atoms with Crippen molar-refractivity contribution >= 4 is 28.5 Å². The molecule has 0 unspecified atom stereocenters. The summed E-state index contributed by atoms with van der Waals surface area (Å²) in [5.41, 5.74) is 8.71. The zero-order valence-electron chi connectivity index (χ0n) is 12.4. The van der Waals surface area contributed by atoms with Crippen molar-refractivity contribution in [1.29, 1.82) is 0 Å². The summed E-state index contributed by atoms with van der Waals surface area (Å²) < 4.78 is 1.75. The van der Waals surface area contributed by atoms with E-state index in [1.807, 2.05) is 24.3 Å². The Morgan fingerprint density at radius 3 is 2.67 bits per heavy atom. The van der Waals surface area contributed by atoms with Gasteiger partial charge in [0.2, 0.25) is 0 Å². The number of rotatable bonds is 3. The standard InChI is InChI=1S/C17H12ClN5O/c18-10-4-6-11(7-5-10)23-14(8-9-20-23)17-21-13-3-1-2-12(16(19)24)15(13)22-17/h1-9H,(H2,19,24)(H,21,22). The summed E-state index contributed by atoms with van der Waals surface area (Å²) in [6, 6.07) is 14.5. The van der Waals surface area contributed by atoms with Gasteiger partial charge in [0.05, 0.1) is 23.0 Å². The number of carbonyl (C=O) groups excluding carboxylic acids is 1. The van der Waals surface area contributed by atoms with E-state index in [0.717, 1.165) is 16.9 Å². The molecule has 0 saturated carbocycles. The van der Waals surface area contributed by atoms with Crippen LogP contribution in [0.15, 0.2) is 54.7 Å². The minimum atomic E-state index is -0.509. The van der Waals surface area contributed by atoms with Crippen molar-refractivity contribution < 1.29 is 4.79 Å². The number of hydrogen-bond acceptors (Lipinski definition) is 3. The van der Waals surface area contributed by atoms with Gasteiger partial charge in [-0.05, 0) is 42.5 Å². The van der Waals surface area contributed by atoms with Crippen LogP contribution in [0.1, 0.15) is 10.4 Å². The molecule has 6 nitrogen and oxygen atoms in total. The minimum absolute atomic E-state index is 0.382. The van der Waals surface area contributed by atoms with Gasteiger partial charge < -0.3 is 10.7 Å². The molecule has 2 heterocycles. The Hall–Kier alpha value is -3.12. The van der Waals surface area contributed by atoms with Crippen molar-refractivity contribution in [3.05, 3.63) is 65.3 Å². The molecule has 0 bridgehead atoms. The lowest BCUT2D eigenvalue weighted by Crippen LogP contribution is -2.11. The van der Waals surface area contributed by atoms with E-state index in [1.54, 1.807) is 35.1 Å². The molecule has 0 atom stereocenters. The number of nitrogens with two attached hydrogens (primary N) is 1. The van der Waals surface area contributed by atoms with Crippen LogP contribution in [-0.4, -0.2) is 25.7 Å². The summed E-state index contributed by atoms with van der Waals surface area (Å²) in [5, 5.41) is 5.00.